The van der Waals surface area contributed by atoms with E-state index in [1.54, 1.807) is 24.3 Å². The number of halogens is 1. The first-order valence-corrected chi connectivity index (χ1v) is 9.01. The lowest BCUT2D eigenvalue weighted by Gasteiger charge is -2.34. The largest absolute Gasteiger partial charge is 0.466 e. The number of esters is 1. The minimum absolute atomic E-state index is 0.169. The number of piperazine rings is 1. The zero-order valence-electron chi connectivity index (χ0n) is 15.0. The third kappa shape index (κ3) is 5.91. The van der Waals surface area contributed by atoms with Gasteiger partial charge >= 0.3 is 12.0 Å². The lowest BCUT2D eigenvalue weighted by atomic mass is 10.1. The molecule has 2 N–H and O–H groups in total. The smallest absolute Gasteiger partial charge is 0.322 e. The van der Waals surface area contributed by atoms with Crippen molar-refractivity contribution < 1.29 is 19.1 Å². The maximum absolute atomic E-state index is 12.5. The molecule has 1 aromatic carbocycles. The Kier molecular flexibility index (Phi) is 7.26. The number of nitrogens with one attached hydrogen (secondary N) is 2. The lowest BCUT2D eigenvalue weighted by Crippen LogP contribution is -2.58. The van der Waals surface area contributed by atoms with Crippen LogP contribution in [0.4, 0.5) is 10.5 Å². The number of ether oxygens (including phenoxy) is 1. The van der Waals surface area contributed by atoms with E-state index in [1.165, 1.54) is 4.90 Å². The first-order chi connectivity index (χ1) is 12.4. The fourth-order valence-corrected chi connectivity index (χ4v) is 2.64. The summed E-state index contributed by atoms with van der Waals surface area (Å²) < 4.78 is 5.17. The quantitative estimate of drug-likeness (QED) is 0.741. The molecule has 8 heteroatoms. The molecule has 1 atom stereocenters. The van der Waals surface area contributed by atoms with Crippen LogP contribution < -0.4 is 10.6 Å². The van der Waals surface area contributed by atoms with Crippen LogP contribution in [0, 0.1) is 5.92 Å². The summed E-state index contributed by atoms with van der Waals surface area (Å²) in [5, 5.41) is 5.96. The highest BCUT2D eigenvalue weighted by Gasteiger charge is 2.35. The Labute approximate surface area is 158 Å². The van der Waals surface area contributed by atoms with Crippen molar-refractivity contribution in [1.29, 1.82) is 0 Å². The molecule has 1 heterocycles. The van der Waals surface area contributed by atoms with Gasteiger partial charge in [0.2, 0.25) is 5.91 Å². The van der Waals surface area contributed by atoms with Gasteiger partial charge in [-0.2, -0.15) is 0 Å². The molecule has 26 heavy (non-hydrogen) atoms. The van der Waals surface area contributed by atoms with Crippen molar-refractivity contribution in [2.24, 2.45) is 5.92 Å². The van der Waals surface area contributed by atoms with Crippen LogP contribution in [0.2, 0.25) is 5.02 Å². The van der Waals surface area contributed by atoms with Gasteiger partial charge in [0.1, 0.15) is 6.04 Å². The molecular formula is C18H24ClN3O4. The van der Waals surface area contributed by atoms with E-state index in [4.69, 9.17) is 16.3 Å². The van der Waals surface area contributed by atoms with Crippen molar-refractivity contribution >= 4 is 35.2 Å². The van der Waals surface area contributed by atoms with E-state index < -0.39 is 18.0 Å². The maximum Gasteiger partial charge on any atom is 0.322 e. The minimum Gasteiger partial charge on any atom is -0.466 e. The van der Waals surface area contributed by atoms with Gasteiger partial charge in [-0.3, -0.25) is 9.59 Å². The molecule has 3 amide bonds. The molecule has 1 aliphatic rings. The van der Waals surface area contributed by atoms with E-state index >= 15 is 0 Å². The van der Waals surface area contributed by atoms with Crippen LogP contribution in [-0.2, 0) is 14.3 Å². The first kappa shape index (κ1) is 20.0. The fourth-order valence-electron chi connectivity index (χ4n) is 2.51. The number of hydrogen-bond acceptors (Lipinski definition) is 4. The van der Waals surface area contributed by atoms with Gasteiger partial charge in [-0.1, -0.05) is 25.4 Å². The van der Waals surface area contributed by atoms with Gasteiger partial charge < -0.3 is 20.3 Å². The van der Waals surface area contributed by atoms with Gasteiger partial charge in [-0.25, -0.2) is 4.79 Å². The summed E-state index contributed by atoms with van der Waals surface area (Å²) in [5.74, 6) is -0.428. The van der Waals surface area contributed by atoms with Gasteiger partial charge in [0.25, 0.3) is 0 Å². The Morgan fingerprint density at radius 3 is 2.69 bits per heavy atom. The maximum atomic E-state index is 12.5. The number of carbonyl (C=O) groups is 3. The van der Waals surface area contributed by atoms with Crippen molar-refractivity contribution in [3.63, 3.8) is 0 Å². The number of anilines is 1. The van der Waals surface area contributed by atoms with Crippen LogP contribution in [0.25, 0.3) is 0 Å². The molecule has 0 aliphatic carbocycles. The van der Waals surface area contributed by atoms with Crippen molar-refractivity contribution in [3.8, 4) is 0 Å². The number of hydrogen-bond donors (Lipinski definition) is 2. The summed E-state index contributed by atoms with van der Waals surface area (Å²) >= 11 is 5.83. The highest BCUT2D eigenvalue weighted by Crippen LogP contribution is 2.16. The molecule has 0 radical (unpaired) electrons. The summed E-state index contributed by atoms with van der Waals surface area (Å²) in [6, 6.07) is 5.32. The predicted octanol–water partition coefficient (Wildman–Crippen LogP) is 2.65. The third-order valence-electron chi connectivity index (χ3n) is 4.01. The van der Waals surface area contributed by atoms with Crippen molar-refractivity contribution in [2.75, 3.05) is 25.0 Å². The molecule has 2 rings (SSSR count). The standard InChI is InChI=1S/C18H24ClN3O4/c1-12(2)7-10-26-16(23)11-15-17(24)20-8-9-22(15)18(25)21-14-5-3-13(19)4-6-14/h3-6,12,15H,7-11H2,1-2H3,(H,20,24)(H,21,25). The van der Waals surface area contributed by atoms with Crippen molar-refractivity contribution in [3.05, 3.63) is 29.3 Å². The summed E-state index contributed by atoms with van der Waals surface area (Å²) in [7, 11) is 0. The second kappa shape index (κ2) is 9.43. The molecule has 7 nitrogen and oxygen atoms in total. The number of amides is 3. The fraction of sp³-hybridized carbons (Fsp3) is 0.500. The van der Waals surface area contributed by atoms with Gasteiger partial charge in [-0.15, -0.1) is 0 Å². The molecule has 0 aromatic heterocycles. The average Bonchev–Trinajstić information content (AvgIpc) is 2.58. The summed E-state index contributed by atoms with van der Waals surface area (Å²) in [6.07, 6.45) is 0.585. The Bertz CT molecular complexity index is 648. The minimum atomic E-state index is -0.886. The SMILES string of the molecule is CC(C)CCOC(=O)CC1C(=O)NCCN1C(=O)Nc1ccc(Cl)cc1. The molecule has 0 spiro atoms. The second-order valence-electron chi connectivity index (χ2n) is 6.54. The van der Waals surface area contributed by atoms with E-state index in [1.807, 2.05) is 13.8 Å². The molecule has 1 aliphatic heterocycles. The van der Waals surface area contributed by atoms with Gasteiger partial charge in [-0.05, 0) is 36.6 Å². The van der Waals surface area contributed by atoms with Gasteiger partial charge in [0.15, 0.2) is 0 Å². The summed E-state index contributed by atoms with van der Waals surface area (Å²) in [5.41, 5.74) is 0.559. The van der Waals surface area contributed by atoms with E-state index in [0.29, 0.717) is 36.3 Å². The second-order valence-corrected chi connectivity index (χ2v) is 6.98. The van der Waals surface area contributed by atoms with Gasteiger partial charge in [0.05, 0.1) is 13.0 Å². The monoisotopic (exact) mass is 381 g/mol. The molecule has 1 saturated heterocycles. The van der Waals surface area contributed by atoms with E-state index in [0.717, 1.165) is 6.42 Å². The highest BCUT2D eigenvalue weighted by molar-refractivity contribution is 6.30. The van der Waals surface area contributed by atoms with Crippen LogP contribution in [0.15, 0.2) is 24.3 Å². The normalized spacial score (nSPS) is 17.0. The zero-order valence-corrected chi connectivity index (χ0v) is 15.7. The van der Waals surface area contributed by atoms with Crippen LogP contribution >= 0.6 is 11.6 Å². The first-order valence-electron chi connectivity index (χ1n) is 8.63. The van der Waals surface area contributed by atoms with E-state index in [2.05, 4.69) is 10.6 Å². The molecule has 0 saturated carbocycles. The topological polar surface area (TPSA) is 87.7 Å². The molecule has 1 aromatic rings. The van der Waals surface area contributed by atoms with Crippen LogP contribution in [0.1, 0.15) is 26.7 Å². The molecule has 142 valence electrons. The van der Waals surface area contributed by atoms with Crippen molar-refractivity contribution in [2.45, 2.75) is 32.7 Å². The summed E-state index contributed by atoms with van der Waals surface area (Å²) in [4.78, 5) is 38.1. The Hall–Kier alpha value is -2.28. The number of carbonyl (C=O) groups excluding carboxylic acids is 3. The number of urea groups is 1. The number of nitrogens with zero attached hydrogens (tertiary/aromatic N) is 1. The number of rotatable bonds is 6. The molecular weight excluding hydrogens is 358 g/mol. The summed E-state index contributed by atoms with van der Waals surface area (Å²) in [6.45, 7) is 5.03. The Morgan fingerprint density at radius 1 is 1.35 bits per heavy atom. The van der Waals surface area contributed by atoms with Crippen LogP contribution in [0.3, 0.4) is 0 Å². The zero-order chi connectivity index (χ0) is 19.1. The van der Waals surface area contributed by atoms with Crippen molar-refractivity contribution in [1.82, 2.24) is 10.2 Å². The average molecular weight is 382 g/mol. The third-order valence-corrected chi connectivity index (χ3v) is 4.26. The van der Waals surface area contributed by atoms with Gasteiger partial charge in [0, 0.05) is 23.8 Å². The lowest BCUT2D eigenvalue weighted by molar-refractivity contribution is -0.147. The molecule has 1 fully saturated rings. The predicted molar refractivity (Wildman–Crippen MR) is 99.0 cm³/mol. The number of benzene rings is 1. The van der Waals surface area contributed by atoms with Crippen LogP contribution in [-0.4, -0.2) is 48.5 Å². The molecule has 0 bridgehead atoms. The Morgan fingerprint density at radius 2 is 2.04 bits per heavy atom. The van der Waals surface area contributed by atoms with Crippen LogP contribution in [0.5, 0.6) is 0 Å². The van der Waals surface area contributed by atoms with E-state index in [9.17, 15) is 14.4 Å². The highest BCUT2D eigenvalue weighted by atomic mass is 35.5. The molecule has 1 unspecified atom stereocenters. The Balaban J connectivity index is 1.97. The van der Waals surface area contributed by atoms with E-state index in [-0.39, 0.29) is 12.3 Å².